The molecule has 1 aliphatic rings. The molecular weight excluding hydrogens is 1040 g/mol. The largest absolute Gasteiger partial charge is 0.310 e. The van der Waals surface area contributed by atoms with E-state index in [1.165, 1.54) is 171 Å². The Labute approximate surface area is 498 Å². The minimum Gasteiger partial charge on any atom is -0.310 e. The minimum atomic E-state index is -0.169. The van der Waals surface area contributed by atoms with Crippen molar-refractivity contribution in [1.29, 1.82) is 0 Å². The van der Waals surface area contributed by atoms with E-state index in [4.69, 9.17) is 0 Å². The number of hydrogen-bond donors (Lipinski definition) is 0. The predicted molar refractivity (Wildman–Crippen MR) is 363 cm³/mol. The smallest absolute Gasteiger partial charge is 0.0476 e. The summed E-state index contributed by atoms with van der Waals surface area (Å²) in [6, 6.07) is 91.8. The molecule has 14 rings (SSSR count). The zero-order valence-electron chi connectivity index (χ0n) is 47.8. The molecule has 13 aromatic rings. The number of hydrogen-bond acceptors (Lipinski definition) is 4. The Kier molecular flexibility index (Phi) is 14.7. The lowest BCUT2D eigenvalue weighted by molar-refractivity contribution is 0.401. The Morgan fingerprint density at radius 3 is 1.22 bits per heavy atom. The summed E-state index contributed by atoms with van der Waals surface area (Å²) < 4.78 is 5.26. The van der Waals surface area contributed by atoms with E-state index in [1.807, 2.05) is 22.7 Å². The van der Waals surface area contributed by atoms with E-state index < -0.39 is 0 Å². The summed E-state index contributed by atoms with van der Waals surface area (Å²) in [6.07, 6.45) is 14.8. The van der Waals surface area contributed by atoms with Gasteiger partial charge in [0.2, 0.25) is 0 Å². The summed E-state index contributed by atoms with van der Waals surface area (Å²) in [5.74, 6) is 0. The SMILES string of the molecule is CCCCCCCC1(CCCCCCC)c2cc(N(c3ccc(-c4ccccc4)cc3)c3ccc4c(c3)sc3ccccc34)ccc2-c2ccc3cc(N(c4ccc(-c5ccccc5)cc4)c4ccc5c(c4)sc4ccccc45)ccc3c21. The second-order valence-electron chi connectivity index (χ2n) is 23.1. The van der Waals surface area contributed by atoms with Gasteiger partial charge in [0.25, 0.3) is 0 Å². The first-order chi connectivity index (χ1) is 41.0. The van der Waals surface area contributed by atoms with Crippen molar-refractivity contribution in [2.24, 2.45) is 0 Å². The Bertz CT molecular complexity index is 4400. The summed E-state index contributed by atoms with van der Waals surface area (Å²) in [7, 11) is 0. The van der Waals surface area contributed by atoms with Crippen molar-refractivity contribution in [3.05, 3.63) is 254 Å². The molecule has 0 N–H and O–H groups in total. The number of anilines is 6. The molecular formula is C79H70N2S2. The van der Waals surface area contributed by atoms with Crippen LogP contribution in [0.3, 0.4) is 0 Å². The van der Waals surface area contributed by atoms with Crippen molar-refractivity contribution >= 4 is 108 Å². The van der Waals surface area contributed by atoms with Crippen molar-refractivity contribution in [3.63, 3.8) is 0 Å². The standard InChI is InChI=1S/C79H70N2S2/c1-3-5-7-9-21-49-79(50-22-10-8-6-4-2)73-52-63(81(61-38-33-58(34-39-61)56-25-15-12-16-26-56)65-43-48-71-69-28-18-20-30-75(69)83-77(71)54-65)41-46-67(73)72-44-35-59-51-62(40-45-66(59)78(72)79)80(60-36-31-57(32-37-60)55-23-13-11-14-24-55)64-42-47-70-68-27-17-19-29-74(68)82-76(70)53-64/h11-20,23-48,51-54H,3-10,21-22,49-50H2,1-2H3. The molecule has 0 saturated carbocycles. The summed E-state index contributed by atoms with van der Waals surface area (Å²) in [6.45, 7) is 4.68. The summed E-state index contributed by atoms with van der Waals surface area (Å²) in [5, 5.41) is 7.96. The lowest BCUT2D eigenvalue weighted by atomic mass is 9.69. The highest BCUT2D eigenvalue weighted by Gasteiger charge is 2.44. The monoisotopic (exact) mass is 1110 g/mol. The van der Waals surface area contributed by atoms with Crippen LogP contribution in [-0.2, 0) is 5.41 Å². The lowest BCUT2D eigenvalue weighted by Gasteiger charge is -2.35. The number of thiophene rings is 2. The van der Waals surface area contributed by atoms with Crippen LogP contribution >= 0.6 is 22.7 Å². The minimum absolute atomic E-state index is 0.169. The number of fused-ring (bicyclic) bond motifs is 11. The Balaban J connectivity index is 0.927. The highest BCUT2D eigenvalue weighted by molar-refractivity contribution is 7.26. The van der Waals surface area contributed by atoms with Crippen molar-refractivity contribution in [2.45, 2.75) is 96.3 Å². The summed E-state index contributed by atoms with van der Waals surface area (Å²) in [5.41, 5.74) is 17.6. The lowest BCUT2D eigenvalue weighted by Crippen LogP contribution is -2.26. The van der Waals surface area contributed by atoms with Gasteiger partial charge in [-0.2, -0.15) is 0 Å². The fourth-order valence-electron chi connectivity index (χ4n) is 13.8. The molecule has 2 heterocycles. The maximum Gasteiger partial charge on any atom is 0.0476 e. The Morgan fingerprint density at radius 2 is 0.699 bits per heavy atom. The molecule has 0 saturated heterocycles. The first-order valence-electron chi connectivity index (χ1n) is 30.5. The fraction of sp³-hybridized carbons (Fsp3) is 0.190. The van der Waals surface area contributed by atoms with Gasteiger partial charge in [0.1, 0.15) is 0 Å². The van der Waals surface area contributed by atoms with Gasteiger partial charge in [0, 0.05) is 79.9 Å². The van der Waals surface area contributed by atoms with Crippen molar-refractivity contribution in [2.75, 3.05) is 9.80 Å². The van der Waals surface area contributed by atoms with Crippen molar-refractivity contribution in [1.82, 2.24) is 0 Å². The molecule has 0 aliphatic heterocycles. The second-order valence-corrected chi connectivity index (χ2v) is 25.3. The number of benzene rings is 11. The van der Waals surface area contributed by atoms with E-state index in [-0.39, 0.29) is 5.41 Å². The molecule has 0 spiro atoms. The van der Waals surface area contributed by atoms with Crippen LogP contribution in [-0.4, -0.2) is 0 Å². The van der Waals surface area contributed by atoms with Crippen molar-refractivity contribution < 1.29 is 0 Å². The van der Waals surface area contributed by atoms with Crippen LogP contribution in [0.2, 0.25) is 0 Å². The van der Waals surface area contributed by atoms with E-state index in [1.54, 1.807) is 0 Å². The molecule has 0 radical (unpaired) electrons. The van der Waals surface area contributed by atoms with E-state index >= 15 is 0 Å². The zero-order chi connectivity index (χ0) is 55.7. The first kappa shape index (κ1) is 52.8. The van der Waals surface area contributed by atoms with Crippen LogP contribution in [0, 0.1) is 0 Å². The molecule has 0 amide bonds. The molecule has 2 nitrogen and oxygen atoms in total. The molecule has 408 valence electrons. The van der Waals surface area contributed by atoms with Gasteiger partial charge < -0.3 is 9.80 Å². The van der Waals surface area contributed by atoms with E-state index in [9.17, 15) is 0 Å². The molecule has 1 aliphatic carbocycles. The Hall–Kier alpha value is -8.28. The third-order valence-corrected chi connectivity index (χ3v) is 20.2. The highest BCUT2D eigenvalue weighted by Crippen LogP contribution is 2.58. The molecule has 0 unspecified atom stereocenters. The van der Waals surface area contributed by atoms with Crippen LogP contribution in [0.1, 0.15) is 102 Å². The van der Waals surface area contributed by atoms with Crippen molar-refractivity contribution in [3.8, 4) is 33.4 Å². The van der Waals surface area contributed by atoms with E-state index in [0.29, 0.717) is 0 Å². The van der Waals surface area contributed by atoms with Gasteiger partial charge in [-0.15, -0.1) is 22.7 Å². The second kappa shape index (κ2) is 23.2. The number of rotatable bonds is 20. The quantitative estimate of drug-likeness (QED) is 0.0702. The van der Waals surface area contributed by atoms with E-state index in [0.717, 1.165) is 35.6 Å². The average molecular weight is 1110 g/mol. The molecule has 0 atom stereocenters. The molecule has 0 fully saturated rings. The van der Waals surface area contributed by atoms with Gasteiger partial charge in [-0.1, -0.05) is 236 Å². The third kappa shape index (κ3) is 10.0. The van der Waals surface area contributed by atoms with E-state index in [2.05, 4.69) is 266 Å². The van der Waals surface area contributed by atoms with Crippen LogP contribution in [0.15, 0.2) is 243 Å². The zero-order valence-corrected chi connectivity index (χ0v) is 49.4. The molecule has 2 aromatic heterocycles. The van der Waals surface area contributed by atoms with Crippen LogP contribution in [0.5, 0.6) is 0 Å². The summed E-state index contributed by atoms with van der Waals surface area (Å²) in [4.78, 5) is 5.02. The predicted octanol–water partition coefficient (Wildman–Crippen LogP) is 24.8. The maximum atomic E-state index is 2.64. The molecule has 83 heavy (non-hydrogen) atoms. The normalized spacial score (nSPS) is 12.7. The van der Waals surface area contributed by atoms with Gasteiger partial charge in [0.15, 0.2) is 0 Å². The average Bonchev–Trinajstić information content (AvgIpc) is 3.17. The van der Waals surface area contributed by atoms with Gasteiger partial charge in [-0.3, -0.25) is 0 Å². The fourth-order valence-corrected chi connectivity index (χ4v) is 16.1. The van der Waals surface area contributed by atoms with Crippen LogP contribution < -0.4 is 9.80 Å². The topological polar surface area (TPSA) is 6.48 Å². The van der Waals surface area contributed by atoms with Crippen LogP contribution in [0.4, 0.5) is 34.1 Å². The maximum absolute atomic E-state index is 2.64. The van der Waals surface area contributed by atoms with Gasteiger partial charge in [0.05, 0.1) is 0 Å². The van der Waals surface area contributed by atoms with Gasteiger partial charge in [-0.25, -0.2) is 0 Å². The molecule has 0 bridgehead atoms. The Morgan fingerprint density at radius 1 is 0.301 bits per heavy atom. The first-order valence-corrected chi connectivity index (χ1v) is 32.1. The molecule has 11 aromatic carbocycles. The van der Waals surface area contributed by atoms with Gasteiger partial charge in [-0.05, 0) is 153 Å². The molecule has 4 heteroatoms. The van der Waals surface area contributed by atoms with Gasteiger partial charge >= 0.3 is 0 Å². The highest BCUT2D eigenvalue weighted by atomic mass is 32.1. The third-order valence-electron chi connectivity index (χ3n) is 17.9. The number of nitrogens with zero attached hydrogens (tertiary/aromatic N) is 2. The summed E-state index contributed by atoms with van der Waals surface area (Å²) >= 11 is 3.78. The number of unbranched alkanes of at least 4 members (excludes halogenated alkanes) is 8. The van der Waals surface area contributed by atoms with Crippen LogP contribution in [0.25, 0.3) is 84.5 Å².